The second kappa shape index (κ2) is 4.58. The third-order valence-electron chi connectivity index (χ3n) is 3.75. The molecule has 3 heteroatoms. The average Bonchev–Trinajstić information content (AvgIpc) is 2.73. The number of imidazole rings is 1. The molecule has 1 atom stereocenters. The largest absolute Gasteiger partial charge is 0.345 e. The molecule has 0 spiro atoms. The van der Waals surface area contributed by atoms with Gasteiger partial charge in [0.25, 0.3) is 0 Å². The number of hydrogen-bond acceptors (Lipinski definition) is 2. The molecule has 3 N–H and O–H groups in total. The Morgan fingerprint density at radius 3 is 3.06 bits per heavy atom. The lowest BCUT2D eigenvalue weighted by Gasteiger charge is -2.16. The molecule has 1 heterocycles. The molecule has 0 radical (unpaired) electrons. The highest BCUT2D eigenvalue weighted by atomic mass is 14.9. The molecule has 0 saturated heterocycles. The Morgan fingerprint density at radius 2 is 2.22 bits per heavy atom. The van der Waals surface area contributed by atoms with Gasteiger partial charge in [-0.2, -0.15) is 0 Å². The van der Waals surface area contributed by atoms with Gasteiger partial charge >= 0.3 is 0 Å². The molecular weight excluding hydrogens is 222 g/mol. The summed E-state index contributed by atoms with van der Waals surface area (Å²) in [7, 11) is 0. The van der Waals surface area contributed by atoms with E-state index in [0.717, 1.165) is 31.5 Å². The predicted molar refractivity (Wildman–Crippen MR) is 72.6 cm³/mol. The van der Waals surface area contributed by atoms with Gasteiger partial charge in [0.1, 0.15) is 5.82 Å². The first kappa shape index (κ1) is 11.5. The van der Waals surface area contributed by atoms with E-state index < -0.39 is 0 Å². The van der Waals surface area contributed by atoms with Crippen molar-refractivity contribution in [3.05, 3.63) is 52.6 Å². The molecule has 2 aromatic rings. The van der Waals surface area contributed by atoms with Crippen LogP contribution in [0.3, 0.4) is 0 Å². The first-order chi connectivity index (χ1) is 8.72. The maximum Gasteiger partial charge on any atom is 0.111 e. The van der Waals surface area contributed by atoms with Crippen molar-refractivity contribution in [2.24, 2.45) is 5.73 Å². The Balaban J connectivity index is 1.84. The summed E-state index contributed by atoms with van der Waals surface area (Å²) in [6, 6.07) is 8.77. The molecule has 1 aliphatic carbocycles. The fourth-order valence-electron chi connectivity index (χ4n) is 2.64. The van der Waals surface area contributed by atoms with Gasteiger partial charge in [-0.3, -0.25) is 0 Å². The summed E-state index contributed by atoms with van der Waals surface area (Å²) >= 11 is 0. The molecule has 0 fully saturated rings. The van der Waals surface area contributed by atoms with Crippen molar-refractivity contribution in [3.8, 4) is 0 Å². The topological polar surface area (TPSA) is 54.7 Å². The van der Waals surface area contributed by atoms with Gasteiger partial charge in [-0.05, 0) is 30.9 Å². The lowest BCUT2D eigenvalue weighted by atomic mass is 9.97. The molecule has 1 aliphatic rings. The summed E-state index contributed by atoms with van der Waals surface area (Å²) in [5.41, 5.74) is 11.1. The Bertz CT molecular complexity index is 557. The van der Waals surface area contributed by atoms with Crippen molar-refractivity contribution in [1.29, 1.82) is 0 Å². The molecule has 1 aromatic carbocycles. The number of H-pyrrole nitrogens is 1. The molecule has 3 rings (SSSR count). The SMILES string of the molecule is Cc1ccccc1Cc1nc2c([nH]1)CC(N)CC2. The fraction of sp³-hybridized carbons (Fsp3) is 0.400. The molecule has 3 nitrogen and oxygen atoms in total. The zero-order valence-corrected chi connectivity index (χ0v) is 10.7. The molecule has 1 aromatic heterocycles. The van der Waals surface area contributed by atoms with E-state index in [4.69, 9.17) is 10.7 Å². The first-order valence-electron chi connectivity index (χ1n) is 6.59. The van der Waals surface area contributed by atoms with E-state index in [1.165, 1.54) is 22.5 Å². The summed E-state index contributed by atoms with van der Waals surface area (Å²) in [4.78, 5) is 8.16. The number of benzene rings is 1. The monoisotopic (exact) mass is 241 g/mol. The number of hydrogen-bond donors (Lipinski definition) is 2. The van der Waals surface area contributed by atoms with Gasteiger partial charge in [-0.15, -0.1) is 0 Å². The van der Waals surface area contributed by atoms with Gasteiger partial charge < -0.3 is 10.7 Å². The Morgan fingerprint density at radius 1 is 1.39 bits per heavy atom. The van der Waals surface area contributed by atoms with E-state index in [1.54, 1.807) is 0 Å². The van der Waals surface area contributed by atoms with E-state index in [1.807, 2.05) is 0 Å². The van der Waals surface area contributed by atoms with Crippen LogP contribution in [0.15, 0.2) is 24.3 Å². The van der Waals surface area contributed by atoms with Crippen LogP contribution in [0.25, 0.3) is 0 Å². The van der Waals surface area contributed by atoms with Gasteiger partial charge in [0.15, 0.2) is 0 Å². The molecule has 0 bridgehead atoms. The summed E-state index contributed by atoms with van der Waals surface area (Å²) < 4.78 is 0. The lowest BCUT2D eigenvalue weighted by Crippen LogP contribution is -2.27. The number of aryl methyl sites for hydroxylation is 2. The van der Waals surface area contributed by atoms with Crippen LogP contribution in [0.4, 0.5) is 0 Å². The quantitative estimate of drug-likeness (QED) is 0.846. The summed E-state index contributed by atoms with van der Waals surface area (Å²) in [5, 5.41) is 0. The number of fused-ring (bicyclic) bond motifs is 1. The number of aromatic amines is 1. The van der Waals surface area contributed by atoms with Crippen LogP contribution < -0.4 is 5.73 Å². The van der Waals surface area contributed by atoms with Crippen LogP contribution in [0.1, 0.15) is 34.8 Å². The van der Waals surface area contributed by atoms with Crippen molar-refractivity contribution < 1.29 is 0 Å². The molecule has 0 saturated carbocycles. The van der Waals surface area contributed by atoms with Gasteiger partial charge in [0.05, 0.1) is 5.69 Å². The minimum absolute atomic E-state index is 0.296. The lowest BCUT2D eigenvalue weighted by molar-refractivity contribution is 0.565. The molecule has 0 amide bonds. The Hall–Kier alpha value is -1.61. The minimum Gasteiger partial charge on any atom is -0.345 e. The van der Waals surface area contributed by atoms with E-state index in [-0.39, 0.29) is 0 Å². The van der Waals surface area contributed by atoms with Crippen molar-refractivity contribution >= 4 is 0 Å². The number of nitrogens with zero attached hydrogens (tertiary/aromatic N) is 1. The minimum atomic E-state index is 0.296. The zero-order valence-electron chi connectivity index (χ0n) is 10.7. The van der Waals surface area contributed by atoms with Crippen molar-refractivity contribution in [3.63, 3.8) is 0 Å². The van der Waals surface area contributed by atoms with Crippen molar-refractivity contribution in [2.75, 3.05) is 0 Å². The van der Waals surface area contributed by atoms with Gasteiger partial charge in [0.2, 0.25) is 0 Å². The number of aromatic nitrogens is 2. The Labute approximate surface area is 107 Å². The number of nitrogens with one attached hydrogen (secondary N) is 1. The van der Waals surface area contributed by atoms with Crippen LogP contribution in [0.2, 0.25) is 0 Å². The molecule has 94 valence electrons. The summed E-state index contributed by atoms with van der Waals surface area (Å²) in [6.45, 7) is 2.15. The van der Waals surface area contributed by atoms with Crippen LogP contribution in [0.5, 0.6) is 0 Å². The molecule has 0 aliphatic heterocycles. The second-order valence-corrected chi connectivity index (χ2v) is 5.21. The highest BCUT2D eigenvalue weighted by molar-refractivity contribution is 5.30. The fourth-order valence-corrected chi connectivity index (χ4v) is 2.64. The maximum absolute atomic E-state index is 5.99. The van der Waals surface area contributed by atoms with E-state index in [0.29, 0.717) is 6.04 Å². The third-order valence-corrected chi connectivity index (χ3v) is 3.75. The summed E-state index contributed by atoms with van der Waals surface area (Å²) in [6.07, 6.45) is 3.90. The maximum atomic E-state index is 5.99. The predicted octanol–water partition coefficient (Wildman–Crippen LogP) is 2.12. The van der Waals surface area contributed by atoms with E-state index >= 15 is 0 Å². The van der Waals surface area contributed by atoms with Crippen LogP contribution in [-0.4, -0.2) is 16.0 Å². The molecule has 1 unspecified atom stereocenters. The smallest absolute Gasteiger partial charge is 0.111 e. The van der Waals surface area contributed by atoms with Gasteiger partial charge in [-0.25, -0.2) is 4.98 Å². The zero-order chi connectivity index (χ0) is 12.5. The normalized spacial score (nSPS) is 18.7. The van der Waals surface area contributed by atoms with Gasteiger partial charge in [0, 0.05) is 24.6 Å². The van der Waals surface area contributed by atoms with Crippen molar-refractivity contribution in [2.45, 2.75) is 38.6 Å². The van der Waals surface area contributed by atoms with Gasteiger partial charge in [-0.1, -0.05) is 24.3 Å². The first-order valence-corrected chi connectivity index (χ1v) is 6.59. The highest BCUT2D eigenvalue weighted by Gasteiger charge is 2.19. The number of rotatable bonds is 2. The Kier molecular flexibility index (Phi) is 2.92. The van der Waals surface area contributed by atoms with E-state index in [2.05, 4.69) is 36.2 Å². The van der Waals surface area contributed by atoms with Crippen molar-refractivity contribution in [1.82, 2.24) is 9.97 Å². The number of nitrogens with two attached hydrogens (primary N) is 1. The van der Waals surface area contributed by atoms with E-state index in [9.17, 15) is 0 Å². The van der Waals surface area contributed by atoms with Crippen LogP contribution >= 0.6 is 0 Å². The average molecular weight is 241 g/mol. The van der Waals surface area contributed by atoms with Crippen LogP contribution in [0, 0.1) is 6.92 Å². The second-order valence-electron chi connectivity index (χ2n) is 5.21. The molecule has 18 heavy (non-hydrogen) atoms. The van der Waals surface area contributed by atoms with Crippen LogP contribution in [-0.2, 0) is 19.3 Å². The highest BCUT2D eigenvalue weighted by Crippen LogP contribution is 2.20. The third kappa shape index (κ3) is 2.18. The molecular formula is C15H19N3. The summed E-state index contributed by atoms with van der Waals surface area (Å²) in [5.74, 6) is 1.07. The standard InChI is InChI=1S/C15H19N3/c1-10-4-2-3-5-11(10)8-15-17-13-7-6-12(16)9-14(13)18-15/h2-5,12H,6-9,16H2,1H3,(H,17,18).